The lowest BCUT2D eigenvalue weighted by atomic mass is 9.96. The second kappa shape index (κ2) is 5.92. The molecule has 132 valence electrons. The van der Waals surface area contributed by atoms with Crippen LogP contribution in [0.2, 0.25) is 0 Å². The van der Waals surface area contributed by atoms with Crippen LogP contribution in [-0.2, 0) is 11.0 Å². The number of aromatic hydroxyl groups is 1. The number of carbonyl (C=O) groups excluding carboxylic acids is 1. The van der Waals surface area contributed by atoms with Crippen LogP contribution in [0, 0.1) is 5.82 Å². The molecule has 5 nitrogen and oxygen atoms in total. The molecule has 25 heavy (non-hydrogen) atoms. The van der Waals surface area contributed by atoms with E-state index in [9.17, 15) is 27.5 Å². The third-order valence-corrected chi connectivity index (χ3v) is 3.58. The van der Waals surface area contributed by atoms with Gasteiger partial charge >= 0.3 is 12.1 Å². The Balaban J connectivity index is 2.27. The lowest BCUT2D eigenvalue weighted by molar-refractivity contribution is -0.144. The predicted molar refractivity (Wildman–Crippen MR) is 77.6 cm³/mol. The van der Waals surface area contributed by atoms with Crippen molar-refractivity contribution in [3.8, 4) is 28.4 Å². The van der Waals surface area contributed by atoms with Crippen LogP contribution in [-0.4, -0.2) is 23.7 Å². The Bertz CT molecular complexity index is 851. The Morgan fingerprint density at radius 3 is 2.56 bits per heavy atom. The summed E-state index contributed by atoms with van der Waals surface area (Å²) in [6.07, 6.45) is -6.14. The van der Waals surface area contributed by atoms with Crippen LogP contribution in [0.5, 0.6) is 17.2 Å². The molecular weight excluding hydrogens is 346 g/mol. The number of hydrogen-bond donors (Lipinski definition) is 2. The van der Waals surface area contributed by atoms with Crippen molar-refractivity contribution in [3.63, 3.8) is 0 Å². The van der Waals surface area contributed by atoms with E-state index in [2.05, 4.69) is 0 Å². The van der Waals surface area contributed by atoms with Crippen LogP contribution < -0.4 is 15.2 Å². The van der Waals surface area contributed by atoms with Gasteiger partial charge in [0.1, 0.15) is 17.1 Å². The zero-order valence-corrected chi connectivity index (χ0v) is 12.4. The number of hydrogen-bond acceptors (Lipinski definition) is 5. The summed E-state index contributed by atoms with van der Waals surface area (Å²) in [6, 6.07) is 4.71. The number of phenolic OH excluding ortho intramolecular Hbond substituents is 1. The first-order chi connectivity index (χ1) is 11.7. The summed E-state index contributed by atoms with van der Waals surface area (Å²) in [5, 5.41) is 9.64. The van der Waals surface area contributed by atoms with Gasteiger partial charge in [-0.25, -0.2) is 9.18 Å². The van der Waals surface area contributed by atoms with E-state index < -0.39 is 40.9 Å². The molecule has 0 spiro atoms. The first-order valence-corrected chi connectivity index (χ1v) is 7.04. The van der Waals surface area contributed by atoms with E-state index in [1.54, 1.807) is 0 Å². The van der Waals surface area contributed by atoms with Gasteiger partial charge in [-0.15, -0.1) is 0 Å². The van der Waals surface area contributed by atoms with Crippen molar-refractivity contribution in [2.45, 2.75) is 12.3 Å². The molecule has 0 unspecified atom stereocenters. The van der Waals surface area contributed by atoms with E-state index in [-0.39, 0.29) is 23.6 Å². The summed E-state index contributed by atoms with van der Waals surface area (Å²) in [5.74, 6) is -3.45. The highest BCUT2D eigenvalue weighted by atomic mass is 19.4. The largest absolute Gasteiger partial charge is 0.507 e. The minimum Gasteiger partial charge on any atom is -0.507 e. The van der Waals surface area contributed by atoms with Crippen molar-refractivity contribution >= 4 is 5.97 Å². The standard InChI is InChI=1S/C16H11F4NO4/c17-7-4-9(8-2-1-3-10(22)13(8)16(18,19)20)14-11(5-7)25-15(23)12(6-21)24-14/h1-5,12,22H,6,21H2/t12-/m0/s1. The molecule has 3 N–H and O–H groups in total. The molecule has 1 heterocycles. The Hall–Kier alpha value is -2.81. The lowest BCUT2D eigenvalue weighted by Gasteiger charge is -2.26. The normalized spacial score (nSPS) is 16.8. The number of nitrogens with two attached hydrogens (primary N) is 1. The second-order valence-electron chi connectivity index (χ2n) is 5.24. The van der Waals surface area contributed by atoms with Gasteiger partial charge in [-0.1, -0.05) is 12.1 Å². The van der Waals surface area contributed by atoms with Crippen molar-refractivity contribution < 1.29 is 36.9 Å². The summed E-state index contributed by atoms with van der Waals surface area (Å²) in [6.45, 7) is -0.277. The molecule has 9 heteroatoms. The molecule has 2 aromatic rings. The molecule has 1 aliphatic heterocycles. The van der Waals surface area contributed by atoms with Crippen LogP contribution in [0.1, 0.15) is 5.56 Å². The van der Waals surface area contributed by atoms with Crippen molar-refractivity contribution in [2.75, 3.05) is 6.54 Å². The van der Waals surface area contributed by atoms with Crippen LogP contribution in [0.3, 0.4) is 0 Å². The van der Waals surface area contributed by atoms with Gasteiger partial charge in [-0.3, -0.25) is 0 Å². The highest BCUT2D eigenvalue weighted by Gasteiger charge is 2.39. The first-order valence-electron chi connectivity index (χ1n) is 7.04. The minimum absolute atomic E-state index is 0.257. The third-order valence-electron chi connectivity index (χ3n) is 3.58. The average Bonchev–Trinajstić information content (AvgIpc) is 2.52. The van der Waals surface area contributed by atoms with Gasteiger partial charge in [0, 0.05) is 23.7 Å². The summed E-state index contributed by atoms with van der Waals surface area (Å²) < 4.78 is 64.1. The molecule has 1 atom stereocenters. The van der Waals surface area contributed by atoms with Crippen LogP contribution in [0.4, 0.5) is 17.6 Å². The van der Waals surface area contributed by atoms with Crippen molar-refractivity contribution in [3.05, 3.63) is 41.7 Å². The molecule has 0 aliphatic carbocycles. The molecule has 0 fully saturated rings. The smallest absolute Gasteiger partial charge is 0.420 e. The zero-order valence-electron chi connectivity index (χ0n) is 12.4. The molecule has 2 aromatic carbocycles. The van der Waals surface area contributed by atoms with Gasteiger partial charge in [0.25, 0.3) is 0 Å². The predicted octanol–water partition coefficient (Wildman–Crippen LogP) is 2.84. The minimum atomic E-state index is -4.90. The van der Waals surface area contributed by atoms with Gasteiger partial charge in [-0.2, -0.15) is 13.2 Å². The number of alkyl halides is 3. The van der Waals surface area contributed by atoms with E-state index in [1.807, 2.05) is 0 Å². The summed E-state index contributed by atoms with van der Waals surface area (Å²) in [7, 11) is 0. The van der Waals surface area contributed by atoms with Crippen molar-refractivity contribution in [2.24, 2.45) is 5.73 Å². The molecule has 0 radical (unpaired) electrons. The Labute approximate surface area is 138 Å². The van der Waals surface area contributed by atoms with Gasteiger partial charge in [-0.05, 0) is 12.1 Å². The Kier molecular flexibility index (Phi) is 4.03. The fraction of sp³-hybridized carbons (Fsp3) is 0.188. The second-order valence-corrected chi connectivity index (χ2v) is 5.24. The maximum absolute atomic E-state index is 13.9. The van der Waals surface area contributed by atoms with Gasteiger partial charge < -0.3 is 20.3 Å². The molecule has 0 bridgehead atoms. The number of benzene rings is 2. The van der Waals surface area contributed by atoms with Crippen LogP contribution in [0.25, 0.3) is 11.1 Å². The van der Waals surface area contributed by atoms with Crippen molar-refractivity contribution in [1.29, 1.82) is 0 Å². The fourth-order valence-corrected chi connectivity index (χ4v) is 2.54. The van der Waals surface area contributed by atoms with Crippen LogP contribution >= 0.6 is 0 Å². The number of rotatable bonds is 2. The number of esters is 1. The quantitative estimate of drug-likeness (QED) is 0.491. The van der Waals surface area contributed by atoms with Gasteiger partial charge in [0.2, 0.25) is 6.10 Å². The van der Waals surface area contributed by atoms with E-state index in [0.717, 1.165) is 24.3 Å². The third kappa shape index (κ3) is 2.98. The molecule has 3 rings (SSSR count). The highest BCUT2D eigenvalue weighted by Crippen LogP contribution is 2.48. The van der Waals surface area contributed by atoms with E-state index in [4.69, 9.17) is 15.2 Å². The fourth-order valence-electron chi connectivity index (χ4n) is 2.54. The Morgan fingerprint density at radius 2 is 1.92 bits per heavy atom. The average molecular weight is 357 g/mol. The van der Waals surface area contributed by atoms with E-state index in [0.29, 0.717) is 0 Å². The van der Waals surface area contributed by atoms with Crippen LogP contribution in [0.15, 0.2) is 30.3 Å². The monoisotopic (exact) mass is 357 g/mol. The van der Waals surface area contributed by atoms with Gasteiger partial charge in [0.15, 0.2) is 11.5 Å². The molecular formula is C16H11F4NO4. The summed E-state index contributed by atoms with van der Waals surface area (Å²) >= 11 is 0. The summed E-state index contributed by atoms with van der Waals surface area (Å²) in [4.78, 5) is 11.7. The lowest BCUT2D eigenvalue weighted by Crippen LogP contribution is -2.41. The maximum Gasteiger partial charge on any atom is 0.420 e. The molecule has 1 aliphatic rings. The molecule has 0 amide bonds. The summed E-state index contributed by atoms with van der Waals surface area (Å²) in [5.41, 5.74) is 3.19. The Morgan fingerprint density at radius 1 is 1.20 bits per heavy atom. The maximum atomic E-state index is 13.9. The number of fused-ring (bicyclic) bond motifs is 1. The topological polar surface area (TPSA) is 81.8 Å². The molecule has 0 aromatic heterocycles. The van der Waals surface area contributed by atoms with E-state index in [1.165, 1.54) is 6.07 Å². The number of phenols is 1. The molecule has 0 saturated heterocycles. The highest BCUT2D eigenvalue weighted by molar-refractivity contribution is 5.85. The van der Waals surface area contributed by atoms with E-state index >= 15 is 0 Å². The van der Waals surface area contributed by atoms with Gasteiger partial charge in [0.05, 0.1) is 0 Å². The zero-order chi connectivity index (χ0) is 18.4. The first kappa shape index (κ1) is 17.0. The number of carbonyl (C=O) groups is 1. The SMILES string of the molecule is NC[C@@H]1Oc2c(cc(F)cc2-c2cccc(O)c2C(F)(F)F)OC1=O. The van der Waals surface area contributed by atoms with Crippen molar-refractivity contribution in [1.82, 2.24) is 0 Å². The number of halogens is 4. The number of ether oxygens (including phenoxy) is 2. The molecule has 0 saturated carbocycles.